The molecule has 0 aromatic heterocycles. The summed E-state index contributed by atoms with van der Waals surface area (Å²) in [5.74, 6) is 1.87. The molecule has 6 heteroatoms. The molecular weight excluding hydrogens is 365 g/mol. The van der Waals surface area contributed by atoms with Crippen LogP contribution >= 0.6 is 11.6 Å². The van der Waals surface area contributed by atoms with E-state index < -0.39 is 0 Å². The van der Waals surface area contributed by atoms with Crippen LogP contribution in [0.25, 0.3) is 0 Å². The fraction of sp³-hybridized carbons (Fsp3) is 0.333. The molecule has 1 aliphatic heterocycles. The second kappa shape index (κ2) is 8.57. The van der Waals surface area contributed by atoms with Gasteiger partial charge in [0.15, 0.2) is 0 Å². The van der Waals surface area contributed by atoms with E-state index in [1.165, 1.54) is 12.1 Å². The van der Waals surface area contributed by atoms with Crippen LogP contribution in [0.5, 0.6) is 0 Å². The Kier molecular flexibility index (Phi) is 6.17. The van der Waals surface area contributed by atoms with Crippen molar-refractivity contribution in [3.05, 3.63) is 70.6 Å². The van der Waals surface area contributed by atoms with Crippen molar-refractivity contribution in [2.45, 2.75) is 32.5 Å². The van der Waals surface area contributed by atoms with Crippen LogP contribution in [-0.2, 0) is 11.3 Å². The molecule has 27 heavy (non-hydrogen) atoms. The summed E-state index contributed by atoms with van der Waals surface area (Å²) >= 11 is 5.92. The zero-order chi connectivity index (χ0) is 19.4. The third kappa shape index (κ3) is 4.69. The standard InChI is InChI=1S/C21H23ClFN3O/c1-15-11-25(14-24-20-9-5-18(22)6-10-20)16(2)21(13-27)26(15)12-17-3-7-19(23)8-4-17/h3-10,15-16,24H,11-12,14H2,1-2H3/t15-,16+/m1/s1. The van der Waals surface area contributed by atoms with Crippen LogP contribution in [0.4, 0.5) is 10.1 Å². The fourth-order valence-electron chi connectivity index (χ4n) is 3.38. The molecule has 4 nitrogen and oxygen atoms in total. The first-order chi connectivity index (χ1) is 13.0. The lowest BCUT2D eigenvalue weighted by Crippen LogP contribution is -2.55. The van der Waals surface area contributed by atoms with Gasteiger partial charge in [0.25, 0.3) is 0 Å². The smallest absolute Gasteiger partial charge is 0.147 e. The summed E-state index contributed by atoms with van der Waals surface area (Å²) < 4.78 is 13.1. The van der Waals surface area contributed by atoms with E-state index in [4.69, 9.17) is 11.6 Å². The van der Waals surface area contributed by atoms with Crippen molar-refractivity contribution in [1.29, 1.82) is 0 Å². The Morgan fingerprint density at radius 3 is 2.44 bits per heavy atom. The second-order valence-corrected chi connectivity index (χ2v) is 7.32. The van der Waals surface area contributed by atoms with E-state index in [2.05, 4.69) is 28.0 Å². The number of carbonyl (C=O) groups excluding carboxylic acids is 1. The summed E-state index contributed by atoms with van der Waals surface area (Å²) in [6.45, 7) is 6.07. The number of anilines is 1. The van der Waals surface area contributed by atoms with E-state index >= 15 is 0 Å². The first-order valence-corrected chi connectivity index (χ1v) is 9.35. The van der Waals surface area contributed by atoms with Gasteiger partial charge in [0.1, 0.15) is 17.5 Å². The van der Waals surface area contributed by atoms with Gasteiger partial charge in [0.05, 0.1) is 12.7 Å². The lowest BCUT2D eigenvalue weighted by atomic mass is 10.0. The van der Waals surface area contributed by atoms with Crippen LogP contribution in [0, 0.1) is 5.82 Å². The summed E-state index contributed by atoms with van der Waals surface area (Å²) in [6, 6.07) is 14.0. The minimum absolute atomic E-state index is 0.0704. The molecule has 3 rings (SSSR count). The van der Waals surface area contributed by atoms with Crippen molar-refractivity contribution in [3.8, 4) is 0 Å². The lowest BCUT2D eigenvalue weighted by molar-refractivity contribution is 0.0892. The van der Waals surface area contributed by atoms with Crippen LogP contribution in [0.2, 0.25) is 5.02 Å². The summed E-state index contributed by atoms with van der Waals surface area (Å²) in [7, 11) is 0. The quantitative estimate of drug-likeness (QED) is 0.781. The topological polar surface area (TPSA) is 35.6 Å². The molecule has 1 fully saturated rings. The van der Waals surface area contributed by atoms with Gasteiger partial charge in [0, 0.05) is 29.8 Å². The molecule has 0 unspecified atom stereocenters. The molecule has 1 N–H and O–H groups in total. The summed E-state index contributed by atoms with van der Waals surface area (Å²) in [5.41, 5.74) is 2.57. The van der Waals surface area contributed by atoms with Gasteiger partial charge in [-0.3, -0.25) is 4.90 Å². The normalized spacial score (nSPS) is 20.4. The van der Waals surface area contributed by atoms with Gasteiger partial charge in [0.2, 0.25) is 0 Å². The molecule has 0 aliphatic carbocycles. The second-order valence-electron chi connectivity index (χ2n) is 6.88. The highest BCUT2D eigenvalue weighted by atomic mass is 35.5. The monoisotopic (exact) mass is 387 g/mol. The molecular formula is C21H23ClFN3O. The summed E-state index contributed by atoms with van der Waals surface area (Å²) in [5, 5.41) is 4.07. The van der Waals surface area contributed by atoms with Crippen molar-refractivity contribution in [3.63, 3.8) is 0 Å². The number of benzene rings is 2. The van der Waals surface area contributed by atoms with Gasteiger partial charge in [-0.2, -0.15) is 0 Å². The third-order valence-corrected chi connectivity index (χ3v) is 5.24. The molecule has 2 aromatic rings. The largest absolute Gasteiger partial charge is 0.372 e. The Balaban J connectivity index is 1.68. The van der Waals surface area contributed by atoms with Gasteiger partial charge in [-0.05, 0) is 55.8 Å². The fourth-order valence-corrected chi connectivity index (χ4v) is 3.51. The van der Waals surface area contributed by atoms with E-state index in [-0.39, 0.29) is 17.9 Å². The average Bonchev–Trinajstić information content (AvgIpc) is 2.66. The molecule has 0 saturated carbocycles. The van der Waals surface area contributed by atoms with Crippen molar-refractivity contribution < 1.29 is 9.18 Å². The molecule has 2 atom stereocenters. The highest BCUT2D eigenvalue weighted by Crippen LogP contribution is 2.25. The molecule has 2 aromatic carbocycles. The molecule has 0 amide bonds. The lowest BCUT2D eigenvalue weighted by Gasteiger charge is -2.45. The Bertz CT molecular complexity index is 818. The van der Waals surface area contributed by atoms with Crippen LogP contribution < -0.4 is 5.32 Å². The van der Waals surface area contributed by atoms with Gasteiger partial charge >= 0.3 is 0 Å². The number of nitrogens with zero attached hydrogens (tertiary/aromatic N) is 2. The van der Waals surface area contributed by atoms with Crippen LogP contribution in [0.1, 0.15) is 19.4 Å². The molecule has 0 spiro atoms. The van der Waals surface area contributed by atoms with Crippen LogP contribution in [-0.4, -0.2) is 41.0 Å². The highest BCUT2D eigenvalue weighted by Gasteiger charge is 2.33. The number of hydrogen-bond acceptors (Lipinski definition) is 4. The Morgan fingerprint density at radius 2 is 1.81 bits per heavy atom. The number of piperazine rings is 1. The molecule has 1 heterocycles. The Morgan fingerprint density at radius 1 is 1.15 bits per heavy atom. The number of hydrogen-bond donors (Lipinski definition) is 1. The SMILES string of the molecule is C[C@@H]1CN(CNc2ccc(Cl)cc2)[C@@H](C)C(=C=O)N1Cc1ccc(F)cc1. The van der Waals surface area contributed by atoms with Crippen molar-refractivity contribution in [1.82, 2.24) is 9.80 Å². The summed E-state index contributed by atoms with van der Waals surface area (Å²) in [4.78, 5) is 16.0. The summed E-state index contributed by atoms with van der Waals surface area (Å²) in [6.07, 6.45) is 0. The minimum Gasteiger partial charge on any atom is -0.372 e. The highest BCUT2D eigenvalue weighted by molar-refractivity contribution is 6.30. The van der Waals surface area contributed by atoms with Gasteiger partial charge in [-0.15, -0.1) is 0 Å². The van der Waals surface area contributed by atoms with E-state index in [1.807, 2.05) is 31.2 Å². The zero-order valence-corrected chi connectivity index (χ0v) is 16.2. The zero-order valence-electron chi connectivity index (χ0n) is 15.5. The van der Waals surface area contributed by atoms with E-state index in [0.717, 1.165) is 17.8 Å². The van der Waals surface area contributed by atoms with Crippen LogP contribution in [0.3, 0.4) is 0 Å². The van der Waals surface area contributed by atoms with Gasteiger partial charge < -0.3 is 10.2 Å². The van der Waals surface area contributed by atoms with E-state index in [0.29, 0.717) is 23.9 Å². The van der Waals surface area contributed by atoms with Crippen molar-refractivity contribution in [2.24, 2.45) is 0 Å². The Labute approximate surface area is 164 Å². The third-order valence-electron chi connectivity index (χ3n) is 4.98. The maximum Gasteiger partial charge on any atom is 0.147 e. The van der Waals surface area contributed by atoms with E-state index in [9.17, 15) is 9.18 Å². The maximum absolute atomic E-state index is 13.1. The number of nitrogens with one attached hydrogen (secondary N) is 1. The molecule has 0 bridgehead atoms. The molecule has 142 valence electrons. The Hall–Kier alpha value is -2.33. The van der Waals surface area contributed by atoms with E-state index in [1.54, 1.807) is 12.1 Å². The van der Waals surface area contributed by atoms with Gasteiger partial charge in [-0.25, -0.2) is 9.18 Å². The number of halogens is 2. The van der Waals surface area contributed by atoms with Crippen molar-refractivity contribution >= 4 is 23.2 Å². The van der Waals surface area contributed by atoms with Crippen LogP contribution in [0.15, 0.2) is 54.2 Å². The molecule has 1 aliphatic rings. The first kappa shape index (κ1) is 19.4. The first-order valence-electron chi connectivity index (χ1n) is 8.97. The average molecular weight is 388 g/mol. The minimum atomic E-state index is -0.260. The molecule has 1 saturated heterocycles. The predicted molar refractivity (Wildman–Crippen MR) is 107 cm³/mol. The van der Waals surface area contributed by atoms with Crippen molar-refractivity contribution in [2.75, 3.05) is 18.5 Å². The predicted octanol–water partition coefficient (Wildman–Crippen LogP) is 4.16. The number of rotatable bonds is 5. The molecule has 0 radical (unpaired) electrons. The van der Waals surface area contributed by atoms with Gasteiger partial charge in [-0.1, -0.05) is 23.7 Å². The maximum atomic E-state index is 13.1.